The van der Waals surface area contributed by atoms with Gasteiger partial charge in [-0.2, -0.15) is 0 Å². The van der Waals surface area contributed by atoms with Crippen LogP contribution in [0.1, 0.15) is 45.7 Å². The highest BCUT2D eigenvalue weighted by Crippen LogP contribution is 2.20. The molecule has 4 heteroatoms. The minimum absolute atomic E-state index is 0.135. The third kappa shape index (κ3) is 4.85. The number of esters is 1. The Morgan fingerprint density at radius 2 is 1.80 bits per heavy atom. The van der Waals surface area contributed by atoms with Gasteiger partial charge < -0.3 is 9.47 Å². The van der Waals surface area contributed by atoms with Gasteiger partial charge in [0.1, 0.15) is 11.8 Å². The largest absolute Gasteiger partial charge is 0.491 e. The van der Waals surface area contributed by atoms with Crippen molar-refractivity contribution >= 4 is 5.97 Å². The lowest BCUT2D eigenvalue weighted by molar-refractivity contribution is -0.143. The Morgan fingerprint density at radius 1 is 1.20 bits per heavy atom. The number of hydrogen-bond acceptors (Lipinski definition) is 4. The van der Waals surface area contributed by atoms with Crippen LogP contribution in [0.2, 0.25) is 0 Å². The van der Waals surface area contributed by atoms with Crippen LogP contribution in [0.4, 0.5) is 0 Å². The van der Waals surface area contributed by atoms with Crippen LogP contribution in [-0.4, -0.2) is 25.2 Å². The molecule has 0 saturated carbocycles. The Labute approximate surface area is 121 Å². The van der Waals surface area contributed by atoms with E-state index in [1.807, 2.05) is 45.0 Å². The molecule has 0 spiro atoms. The number of nitrogens with one attached hydrogen (secondary N) is 1. The fourth-order valence-electron chi connectivity index (χ4n) is 1.83. The van der Waals surface area contributed by atoms with E-state index in [0.29, 0.717) is 0 Å². The first-order valence-electron chi connectivity index (χ1n) is 7.08. The van der Waals surface area contributed by atoms with Crippen molar-refractivity contribution in [1.29, 1.82) is 0 Å². The maximum Gasteiger partial charge on any atom is 0.327 e. The van der Waals surface area contributed by atoms with Gasteiger partial charge in [0.15, 0.2) is 0 Å². The third-order valence-electron chi connectivity index (χ3n) is 3.09. The summed E-state index contributed by atoms with van der Waals surface area (Å²) in [6.07, 6.45) is 1.08. The second-order valence-corrected chi connectivity index (χ2v) is 5.17. The molecule has 1 N–H and O–H groups in total. The molecule has 0 aliphatic heterocycles. The Hall–Kier alpha value is -1.55. The average molecular weight is 279 g/mol. The highest BCUT2D eigenvalue weighted by molar-refractivity contribution is 5.77. The predicted molar refractivity (Wildman–Crippen MR) is 79.9 cm³/mol. The van der Waals surface area contributed by atoms with E-state index in [1.165, 1.54) is 7.11 Å². The summed E-state index contributed by atoms with van der Waals surface area (Å²) in [5, 5.41) is 3.28. The van der Waals surface area contributed by atoms with Crippen LogP contribution < -0.4 is 10.1 Å². The van der Waals surface area contributed by atoms with Crippen molar-refractivity contribution < 1.29 is 14.3 Å². The number of rotatable bonds is 7. The van der Waals surface area contributed by atoms with Crippen molar-refractivity contribution in [2.45, 2.75) is 52.3 Å². The fraction of sp³-hybridized carbons (Fsp3) is 0.562. The zero-order valence-corrected chi connectivity index (χ0v) is 13.0. The van der Waals surface area contributed by atoms with E-state index >= 15 is 0 Å². The van der Waals surface area contributed by atoms with Crippen molar-refractivity contribution in [3.8, 4) is 5.75 Å². The van der Waals surface area contributed by atoms with Crippen LogP contribution in [-0.2, 0) is 9.53 Å². The van der Waals surface area contributed by atoms with Gasteiger partial charge in [0.2, 0.25) is 0 Å². The van der Waals surface area contributed by atoms with E-state index in [2.05, 4.69) is 12.2 Å². The summed E-state index contributed by atoms with van der Waals surface area (Å²) in [5.41, 5.74) is 0.883. The molecule has 0 aliphatic carbocycles. The molecule has 1 aromatic rings. The summed E-state index contributed by atoms with van der Waals surface area (Å²) < 4.78 is 10.5. The smallest absolute Gasteiger partial charge is 0.327 e. The van der Waals surface area contributed by atoms with E-state index in [1.54, 1.807) is 0 Å². The highest BCUT2D eigenvalue weighted by atomic mass is 16.5. The zero-order valence-electron chi connectivity index (χ0n) is 13.0. The number of ether oxygens (including phenoxy) is 2. The van der Waals surface area contributed by atoms with Crippen LogP contribution >= 0.6 is 0 Å². The van der Waals surface area contributed by atoms with Crippen LogP contribution in [0, 0.1) is 0 Å². The van der Waals surface area contributed by atoms with Gasteiger partial charge in [0.05, 0.1) is 13.2 Å². The lowest BCUT2D eigenvalue weighted by atomic mass is 10.1. The molecular weight excluding hydrogens is 254 g/mol. The van der Waals surface area contributed by atoms with Gasteiger partial charge >= 0.3 is 5.97 Å². The minimum atomic E-state index is -0.442. The van der Waals surface area contributed by atoms with E-state index < -0.39 is 6.04 Å². The van der Waals surface area contributed by atoms with Crippen molar-refractivity contribution in [1.82, 2.24) is 5.32 Å². The van der Waals surface area contributed by atoms with E-state index in [-0.39, 0.29) is 18.1 Å². The van der Waals surface area contributed by atoms with Crippen LogP contribution in [0.5, 0.6) is 5.75 Å². The summed E-state index contributed by atoms with van der Waals surface area (Å²) in [6, 6.07) is 7.35. The van der Waals surface area contributed by atoms with Crippen LogP contribution in [0.25, 0.3) is 0 Å². The van der Waals surface area contributed by atoms with Gasteiger partial charge in [-0.1, -0.05) is 19.1 Å². The molecule has 0 fully saturated rings. The zero-order chi connectivity index (χ0) is 15.1. The second kappa shape index (κ2) is 7.90. The average Bonchev–Trinajstić information content (AvgIpc) is 2.44. The molecule has 2 unspecified atom stereocenters. The van der Waals surface area contributed by atoms with Crippen LogP contribution in [0.3, 0.4) is 0 Å². The minimum Gasteiger partial charge on any atom is -0.491 e. The molecule has 1 aromatic carbocycles. The number of carbonyl (C=O) groups is 1. The molecule has 0 aromatic heterocycles. The first-order chi connectivity index (χ1) is 9.47. The molecule has 0 aliphatic rings. The number of methoxy groups -OCH3 is 1. The van der Waals surface area contributed by atoms with Crippen molar-refractivity contribution in [2.24, 2.45) is 0 Å². The Morgan fingerprint density at radius 3 is 2.25 bits per heavy atom. The molecule has 4 nitrogen and oxygen atoms in total. The first-order valence-corrected chi connectivity index (χ1v) is 7.08. The van der Waals surface area contributed by atoms with E-state index in [9.17, 15) is 4.79 Å². The van der Waals surface area contributed by atoms with Gasteiger partial charge in [-0.05, 0) is 44.9 Å². The lowest BCUT2D eigenvalue weighted by Crippen LogP contribution is -2.35. The lowest BCUT2D eigenvalue weighted by Gasteiger charge is -2.21. The number of hydrogen-bond donors (Lipinski definition) is 1. The summed E-state index contributed by atoms with van der Waals surface area (Å²) in [4.78, 5) is 11.9. The number of carbonyl (C=O) groups excluding carboxylic acids is 1. The van der Waals surface area contributed by atoms with Gasteiger partial charge in [-0.25, -0.2) is 4.79 Å². The maximum absolute atomic E-state index is 11.9. The molecule has 0 bridgehead atoms. The van der Waals surface area contributed by atoms with Crippen molar-refractivity contribution in [3.05, 3.63) is 29.8 Å². The molecule has 2 atom stereocenters. The van der Waals surface area contributed by atoms with E-state index in [0.717, 1.165) is 17.7 Å². The van der Waals surface area contributed by atoms with Gasteiger partial charge in [0, 0.05) is 6.04 Å². The molecule has 0 heterocycles. The highest BCUT2D eigenvalue weighted by Gasteiger charge is 2.22. The summed E-state index contributed by atoms with van der Waals surface area (Å²) in [6.45, 7) is 8.09. The monoisotopic (exact) mass is 279 g/mol. The maximum atomic E-state index is 11.9. The fourth-order valence-corrected chi connectivity index (χ4v) is 1.83. The Bertz CT molecular complexity index is 414. The Kier molecular flexibility index (Phi) is 6.52. The summed E-state index contributed by atoms with van der Waals surface area (Å²) in [5.74, 6) is 0.527. The molecule has 0 saturated heterocycles. The van der Waals surface area contributed by atoms with Crippen molar-refractivity contribution in [3.63, 3.8) is 0 Å². The molecule has 20 heavy (non-hydrogen) atoms. The van der Waals surface area contributed by atoms with E-state index in [4.69, 9.17) is 9.47 Å². The molecular formula is C16H25NO3. The van der Waals surface area contributed by atoms with Gasteiger partial charge in [-0.15, -0.1) is 0 Å². The van der Waals surface area contributed by atoms with Crippen molar-refractivity contribution in [2.75, 3.05) is 7.11 Å². The van der Waals surface area contributed by atoms with Gasteiger partial charge in [0.25, 0.3) is 0 Å². The summed E-state index contributed by atoms with van der Waals surface area (Å²) in [7, 11) is 1.41. The molecule has 1 rings (SSSR count). The molecule has 112 valence electrons. The molecule has 0 radical (unpaired) electrons. The quantitative estimate of drug-likeness (QED) is 0.779. The second-order valence-electron chi connectivity index (χ2n) is 5.17. The van der Waals surface area contributed by atoms with Gasteiger partial charge in [-0.3, -0.25) is 5.32 Å². The predicted octanol–water partition coefficient (Wildman–Crippen LogP) is 3.08. The normalized spacial score (nSPS) is 13.9. The summed E-state index contributed by atoms with van der Waals surface area (Å²) >= 11 is 0. The number of benzene rings is 1. The first kappa shape index (κ1) is 16.5. The van der Waals surface area contributed by atoms with Crippen LogP contribution in [0.15, 0.2) is 24.3 Å². The topological polar surface area (TPSA) is 47.6 Å². The standard InChI is InChI=1S/C16H25NO3/c1-6-12(4)17-15(16(18)19-5)13-7-9-14(10-8-13)20-11(2)3/h7-12,15,17H,6H2,1-5H3. The third-order valence-corrected chi connectivity index (χ3v) is 3.09. The Balaban J connectivity index is 2.87. The molecule has 0 amide bonds. The SMILES string of the molecule is CCC(C)NC(C(=O)OC)c1ccc(OC(C)C)cc1.